The Labute approximate surface area is 185 Å². The van der Waals surface area contributed by atoms with Crippen molar-refractivity contribution in [2.24, 2.45) is 4.99 Å². The normalized spacial score (nSPS) is 13.3. The van der Waals surface area contributed by atoms with Crippen LogP contribution in [0.15, 0.2) is 65.8 Å². The molecule has 0 saturated heterocycles. The van der Waals surface area contributed by atoms with Crippen LogP contribution >= 0.6 is 11.6 Å². The van der Waals surface area contributed by atoms with E-state index >= 15 is 0 Å². The number of benzene rings is 2. The molecule has 2 heterocycles. The molecule has 0 saturated carbocycles. The van der Waals surface area contributed by atoms with E-state index in [0.29, 0.717) is 27.9 Å². The minimum absolute atomic E-state index is 0.0353. The summed E-state index contributed by atoms with van der Waals surface area (Å²) in [5.74, 6) is -0.203. The number of hydrogen-bond donors (Lipinski definition) is 1. The van der Waals surface area contributed by atoms with Gasteiger partial charge in [0.15, 0.2) is 5.82 Å². The number of aromatic nitrogens is 1. The lowest BCUT2D eigenvalue weighted by atomic mass is 10.1. The van der Waals surface area contributed by atoms with Crippen molar-refractivity contribution in [3.8, 4) is 0 Å². The first-order valence-corrected chi connectivity index (χ1v) is 10.2. The van der Waals surface area contributed by atoms with Gasteiger partial charge >= 0.3 is 0 Å². The van der Waals surface area contributed by atoms with Crippen molar-refractivity contribution >= 4 is 46.3 Å². The van der Waals surface area contributed by atoms with Gasteiger partial charge in [-0.05, 0) is 66.9 Å². The number of amides is 2. The molecular weight excluding hydrogens is 412 g/mol. The molecular formula is C24H21ClN4O2. The Balaban J connectivity index is 1.60. The molecule has 2 aromatic carbocycles. The van der Waals surface area contributed by atoms with Crippen LogP contribution in [0.5, 0.6) is 0 Å². The van der Waals surface area contributed by atoms with Crippen molar-refractivity contribution < 1.29 is 9.59 Å². The molecule has 156 valence electrons. The van der Waals surface area contributed by atoms with Crippen LogP contribution in [-0.4, -0.2) is 29.1 Å². The number of aryl methyl sites for hydroxylation is 2. The topological polar surface area (TPSA) is 74.7 Å². The predicted octanol–water partition coefficient (Wildman–Crippen LogP) is 4.85. The second-order valence-corrected chi connectivity index (χ2v) is 7.86. The summed E-state index contributed by atoms with van der Waals surface area (Å²) < 4.78 is 0. The number of carbonyl (C=O) groups excluding carboxylic acids is 2. The second kappa shape index (κ2) is 8.70. The van der Waals surface area contributed by atoms with Gasteiger partial charge in [-0.25, -0.2) is 9.98 Å². The minimum atomic E-state index is -0.306. The van der Waals surface area contributed by atoms with Gasteiger partial charge in [0.05, 0.1) is 12.1 Å². The van der Waals surface area contributed by atoms with Crippen molar-refractivity contribution in [2.45, 2.75) is 20.3 Å². The Morgan fingerprint density at radius 3 is 2.71 bits per heavy atom. The highest BCUT2D eigenvalue weighted by Crippen LogP contribution is 2.31. The molecule has 6 nitrogen and oxygen atoms in total. The van der Waals surface area contributed by atoms with E-state index in [2.05, 4.69) is 15.3 Å². The van der Waals surface area contributed by atoms with Crippen LogP contribution in [0.4, 0.5) is 17.2 Å². The fourth-order valence-corrected chi connectivity index (χ4v) is 3.58. The first-order chi connectivity index (χ1) is 14.9. The zero-order valence-electron chi connectivity index (χ0n) is 17.2. The summed E-state index contributed by atoms with van der Waals surface area (Å²) in [6.45, 7) is 3.84. The molecule has 1 N–H and O–H groups in total. The van der Waals surface area contributed by atoms with Crippen molar-refractivity contribution in [1.29, 1.82) is 0 Å². The molecule has 0 spiro atoms. The van der Waals surface area contributed by atoms with Crippen molar-refractivity contribution in [3.05, 3.63) is 82.5 Å². The van der Waals surface area contributed by atoms with Gasteiger partial charge in [-0.1, -0.05) is 29.8 Å². The number of pyridine rings is 1. The molecule has 0 atom stereocenters. The van der Waals surface area contributed by atoms with Crippen LogP contribution < -0.4 is 10.2 Å². The Morgan fingerprint density at radius 2 is 1.94 bits per heavy atom. The van der Waals surface area contributed by atoms with Crippen molar-refractivity contribution in [3.63, 3.8) is 0 Å². The minimum Gasteiger partial charge on any atom is -0.325 e. The molecule has 0 aliphatic carbocycles. The number of anilines is 2. The Kier molecular flexibility index (Phi) is 5.82. The largest absolute Gasteiger partial charge is 0.325 e. The van der Waals surface area contributed by atoms with Gasteiger partial charge in [0, 0.05) is 16.9 Å². The van der Waals surface area contributed by atoms with Crippen LogP contribution in [0, 0.1) is 13.8 Å². The number of nitrogens with zero attached hydrogens (tertiary/aromatic N) is 3. The van der Waals surface area contributed by atoms with Gasteiger partial charge in [0.2, 0.25) is 11.8 Å². The molecule has 4 rings (SSSR count). The van der Waals surface area contributed by atoms with E-state index in [1.54, 1.807) is 30.5 Å². The van der Waals surface area contributed by atoms with E-state index in [4.69, 9.17) is 11.6 Å². The summed E-state index contributed by atoms with van der Waals surface area (Å²) in [6, 6.07) is 16.4. The molecule has 1 aliphatic rings. The van der Waals surface area contributed by atoms with E-state index in [0.717, 1.165) is 16.7 Å². The molecule has 1 aliphatic heterocycles. The standard InChI is InChI=1S/C24H21ClN4O2/c1-15-8-9-19(11-16(15)2)27-22(30)14-29-23(31)13-21(17-5-3-6-18(25)12-17)28-20-7-4-10-26-24(20)29/h3-12H,13-14H2,1-2H3,(H,27,30). The third-order valence-electron chi connectivity index (χ3n) is 5.15. The summed E-state index contributed by atoms with van der Waals surface area (Å²) in [4.78, 5) is 36.3. The van der Waals surface area contributed by atoms with E-state index in [1.807, 2.05) is 44.2 Å². The Bertz CT molecular complexity index is 1210. The lowest BCUT2D eigenvalue weighted by molar-refractivity contribution is -0.120. The number of nitrogens with one attached hydrogen (secondary N) is 1. The van der Waals surface area contributed by atoms with Gasteiger partial charge in [-0.3, -0.25) is 14.5 Å². The zero-order valence-corrected chi connectivity index (χ0v) is 18.0. The molecule has 7 heteroatoms. The third-order valence-corrected chi connectivity index (χ3v) is 5.38. The Hall–Kier alpha value is -3.51. The maximum absolute atomic E-state index is 13.1. The molecule has 0 bridgehead atoms. The third kappa shape index (κ3) is 4.64. The predicted molar refractivity (Wildman–Crippen MR) is 123 cm³/mol. The molecule has 0 fully saturated rings. The van der Waals surface area contributed by atoms with Crippen molar-refractivity contribution in [1.82, 2.24) is 4.98 Å². The fraction of sp³-hybridized carbons (Fsp3) is 0.167. The number of hydrogen-bond acceptors (Lipinski definition) is 4. The summed E-state index contributed by atoms with van der Waals surface area (Å²) >= 11 is 6.12. The summed E-state index contributed by atoms with van der Waals surface area (Å²) in [7, 11) is 0. The van der Waals surface area contributed by atoms with Crippen LogP contribution in [0.1, 0.15) is 23.1 Å². The highest BCUT2D eigenvalue weighted by Gasteiger charge is 2.27. The maximum atomic E-state index is 13.1. The van der Waals surface area contributed by atoms with E-state index in [-0.39, 0.29) is 24.8 Å². The molecule has 31 heavy (non-hydrogen) atoms. The van der Waals surface area contributed by atoms with Gasteiger partial charge in [-0.2, -0.15) is 0 Å². The van der Waals surface area contributed by atoms with E-state index in [9.17, 15) is 9.59 Å². The number of halogens is 1. The lowest BCUT2D eigenvalue weighted by Crippen LogP contribution is -2.39. The highest BCUT2D eigenvalue weighted by atomic mass is 35.5. The van der Waals surface area contributed by atoms with Crippen LogP contribution in [-0.2, 0) is 9.59 Å². The SMILES string of the molecule is Cc1ccc(NC(=O)CN2C(=O)CC(c3cccc(Cl)c3)=Nc3cccnc32)cc1C. The first-order valence-electron chi connectivity index (χ1n) is 9.87. The maximum Gasteiger partial charge on any atom is 0.244 e. The van der Waals surface area contributed by atoms with Gasteiger partial charge < -0.3 is 5.32 Å². The fourth-order valence-electron chi connectivity index (χ4n) is 3.39. The van der Waals surface area contributed by atoms with Crippen LogP contribution in [0.2, 0.25) is 5.02 Å². The van der Waals surface area contributed by atoms with Gasteiger partial charge in [0.1, 0.15) is 12.2 Å². The summed E-state index contributed by atoms with van der Waals surface area (Å²) in [6.07, 6.45) is 1.62. The number of carbonyl (C=O) groups is 2. The first kappa shape index (κ1) is 20.8. The molecule has 3 aromatic rings. The average Bonchev–Trinajstić information content (AvgIpc) is 2.88. The number of fused-ring (bicyclic) bond motifs is 1. The van der Waals surface area contributed by atoms with Crippen molar-refractivity contribution in [2.75, 3.05) is 16.8 Å². The average molecular weight is 433 g/mol. The zero-order chi connectivity index (χ0) is 22.0. The van der Waals surface area contributed by atoms with Gasteiger partial charge in [0.25, 0.3) is 0 Å². The molecule has 0 unspecified atom stereocenters. The summed E-state index contributed by atoms with van der Waals surface area (Å²) in [5, 5.41) is 3.43. The van der Waals surface area contributed by atoms with Crippen LogP contribution in [0.3, 0.4) is 0 Å². The second-order valence-electron chi connectivity index (χ2n) is 7.42. The molecule has 2 amide bonds. The molecule has 0 radical (unpaired) electrons. The number of aliphatic imine (C=N–C) groups is 1. The molecule has 1 aromatic heterocycles. The van der Waals surface area contributed by atoms with E-state index < -0.39 is 0 Å². The van der Waals surface area contributed by atoms with Crippen LogP contribution in [0.25, 0.3) is 0 Å². The number of rotatable bonds is 4. The Morgan fingerprint density at radius 1 is 1.10 bits per heavy atom. The quantitative estimate of drug-likeness (QED) is 0.640. The highest BCUT2D eigenvalue weighted by molar-refractivity contribution is 6.31. The summed E-state index contributed by atoms with van der Waals surface area (Å²) in [5.41, 5.74) is 4.78. The smallest absolute Gasteiger partial charge is 0.244 e. The lowest BCUT2D eigenvalue weighted by Gasteiger charge is -2.20. The monoisotopic (exact) mass is 432 g/mol. The van der Waals surface area contributed by atoms with Gasteiger partial charge in [-0.15, -0.1) is 0 Å². The van der Waals surface area contributed by atoms with E-state index in [1.165, 1.54) is 4.90 Å².